The minimum atomic E-state index is 0.000651. The topological polar surface area (TPSA) is 17.1 Å². The van der Waals surface area contributed by atoms with Gasteiger partial charge in [-0.1, -0.05) is 62.1 Å². The van der Waals surface area contributed by atoms with Gasteiger partial charge in [0, 0.05) is 5.57 Å². The number of hydrogen-bond donors (Lipinski definition) is 0. The van der Waals surface area contributed by atoms with E-state index in [1.54, 1.807) is 12.2 Å². The summed E-state index contributed by atoms with van der Waals surface area (Å²) in [6.45, 7) is 5.63. The molecular formula is C15H16O. The summed E-state index contributed by atoms with van der Waals surface area (Å²) in [4.78, 5) is 11.7. The zero-order chi connectivity index (χ0) is 11.8. The van der Waals surface area contributed by atoms with E-state index in [0.29, 0.717) is 5.57 Å². The number of hydrogen-bond acceptors (Lipinski definition) is 1. The van der Waals surface area contributed by atoms with E-state index < -0.39 is 0 Å². The number of carbonyl (C=O) groups excluding carboxylic acids is 1. The van der Waals surface area contributed by atoms with E-state index in [2.05, 4.69) is 6.58 Å². The fourth-order valence-corrected chi connectivity index (χ4v) is 1.34. The summed E-state index contributed by atoms with van der Waals surface area (Å²) in [6.07, 6.45) is 7.71. The molecule has 0 aliphatic heterocycles. The molecular weight excluding hydrogens is 196 g/mol. The minimum absolute atomic E-state index is 0.000651. The molecule has 0 fully saturated rings. The number of carbonyl (C=O) groups is 1. The van der Waals surface area contributed by atoms with Gasteiger partial charge in [-0.2, -0.15) is 0 Å². The SMILES string of the molecule is C=C/C(=C\CC)C(=O)/C=C/c1ccccc1. The van der Waals surface area contributed by atoms with Crippen LogP contribution in [0.25, 0.3) is 6.08 Å². The van der Waals surface area contributed by atoms with E-state index >= 15 is 0 Å². The minimum Gasteiger partial charge on any atom is -0.289 e. The lowest BCUT2D eigenvalue weighted by molar-refractivity contribution is -0.111. The molecule has 0 heterocycles. The summed E-state index contributed by atoms with van der Waals surface area (Å²) in [6, 6.07) is 9.76. The second-order valence-corrected chi connectivity index (χ2v) is 3.38. The van der Waals surface area contributed by atoms with Gasteiger partial charge in [-0.3, -0.25) is 4.79 Å². The summed E-state index contributed by atoms with van der Waals surface area (Å²) in [5.41, 5.74) is 1.69. The van der Waals surface area contributed by atoms with Crippen molar-refractivity contribution in [2.24, 2.45) is 0 Å². The molecule has 1 aromatic carbocycles. The molecule has 0 atom stereocenters. The maximum absolute atomic E-state index is 11.7. The van der Waals surface area contributed by atoms with E-state index in [9.17, 15) is 4.79 Å². The molecule has 0 aromatic heterocycles. The molecule has 16 heavy (non-hydrogen) atoms. The van der Waals surface area contributed by atoms with Crippen molar-refractivity contribution in [2.45, 2.75) is 13.3 Å². The molecule has 0 aliphatic carbocycles. The van der Waals surface area contributed by atoms with Gasteiger partial charge in [0.25, 0.3) is 0 Å². The molecule has 0 radical (unpaired) electrons. The van der Waals surface area contributed by atoms with E-state index in [4.69, 9.17) is 0 Å². The van der Waals surface area contributed by atoms with Gasteiger partial charge in [-0.25, -0.2) is 0 Å². The summed E-state index contributed by atoms with van der Waals surface area (Å²) in [5.74, 6) is 0.000651. The van der Waals surface area contributed by atoms with Crippen LogP contribution in [-0.2, 0) is 4.79 Å². The zero-order valence-electron chi connectivity index (χ0n) is 9.52. The Morgan fingerprint density at radius 2 is 2.00 bits per heavy atom. The molecule has 0 saturated carbocycles. The lowest BCUT2D eigenvalue weighted by Crippen LogP contribution is -1.94. The molecule has 1 aromatic rings. The molecule has 0 bridgehead atoms. The van der Waals surface area contributed by atoms with Crippen molar-refractivity contribution in [3.05, 3.63) is 66.3 Å². The van der Waals surface area contributed by atoms with Crippen LogP contribution in [0, 0.1) is 0 Å². The fraction of sp³-hybridized carbons (Fsp3) is 0.133. The highest BCUT2D eigenvalue weighted by molar-refractivity contribution is 6.08. The molecule has 82 valence electrons. The Labute approximate surface area is 96.8 Å². The lowest BCUT2D eigenvalue weighted by Gasteiger charge is -1.95. The summed E-state index contributed by atoms with van der Waals surface area (Å²) >= 11 is 0. The van der Waals surface area contributed by atoms with E-state index in [-0.39, 0.29) is 5.78 Å². The Kier molecular flexibility index (Phi) is 5.00. The van der Waals surface area contributed by atoms with E-state index in [1.165, 1.54) is 0 Å². The van der Waals surface area contributed by atoms with Crippen LogP contribution in [-0.4, -0.2) is 5.78 Å². The molecule has 0 spiro atoms. The van der Waals surface area contributed by atoms with Gasteiger partial charge in [0.1, 0.15) is 0 Å². The second-order valence-electron chi connectivity index (χ2n) is 3.38. The number of allylic oxidation sites excluding steroid dienone is 4. The zero-order valence-corrected chi connectivity index (χ0v) is 9.52. The van der Waals surface area contributed by atoms with Gasteiger partial charge in [0.05, 0.1) is 0 Å². The van der Waals surface area contributed by atoms with Gasteiger partial charge >= 0.3 is 0 Å². The first-order valence-corrected chi connectivity index (χ1v) is 5.38. The number of benzene rings is 1. The molecule has 0 amide bonds. The highest BCUT2D eigenvalue weighted by Gasteiger charge is 1.99. The Balaban J connectivity index is 2.75. The third-order valence-corrected chi connectivity index (χ3v) is 2.16. The van der Waals surface area contributed by atoms with Crippen molar-refractivity contribution in [3.63, 3.8) is 0 Å². The van der Waals surface area contributed by atoms with Gasteiger partial charge in [0.15, 0.2) is 5.78 Å². The van der Waals surface area contributed by atoms with Crippen molar-refractivity contribution in [2.75, 3.05) is 0 Å². The van der Waals surface area contributed by atoms with Crippen molar-refractivity contribution in [1.29, 1.82) is 0 Å². The first-order valence-electron chi connectivity index (χ1n) is 5.38. The molecule has 0 unspecified atom stereocenters. The van der Waals surface area contributed by atoms with Crippen LogP contribution in [0.1, 0.15) is 18.9 Å². The van der Waals surface area contributed by atoms with Crippen LogP contribution in [0.5, 0.6) is 0 Å². The normalized spacial score (nSPS) is 11.7. The van der Waals surface area contributed by atoms with Crippen LogP contribution in [0.3, 0.4) is 0 Å². The van der Waals surface area contributed by atoms with Crippen molar-refractivity contribution in [1.82, 2.24) is 0 Å². The average molecular weight is 212 g/mol. The van der Waals surface area contributed by atoms with Crippen molar-refractivity contribution in [3.8, 4) is 0 Å². The Hall–Kier alpha value is -1.89. The molecule has 1 heteroatoms. The first kappa shape index (κ1) is 12.2. The molecule has 0 saturated heterocycles. The number of ketones is 1. The Bertz CT molecular complexity index is 410. The van der Waals surface area contributed by atoms with Crippen LogP contribution in [0.2, 0.25) is 0 Å². The lowest BCUT2D eigenvalue weighted by atomic mass is 10.1. The predicted molar refractivity (Wildman–Crippen MR) is 69.1 cm³/mol. The summed E-state index contributed by atoms with van der Waals surface area (Å²) in [7, 11) is 0. The maximum Gasteiger partial charge on any atom is 0.185 e. The molecule has 0 N–H and O–H groups in total. The third kappa shape index (κ3) is 3.70. The summed E-state index contributed by atoms with van der Waals surface area (Å²) < 4.78 is 0. The first-order chi connectivity index (χ1) is 7.77. The fourth-order valence-electron chi connectivity index (χ4n) is 1.34. The van der Waals surface area contributed by atoms with Crippen LogP contribution in [0.15, 0.2) is 60.7 Å². The molecule has 1 rings (SSSR count). The third-order valence-electron chi connectivity index (χ3n) is 2.16. The number of rotatable bonds is 5. The van der Waals surface area contributed by atoms with Crippen molar-refractivity contribution < 1.29 is 4.79 Å². The van der Waals surface area contributed by atoms with Crippen molar-refractivity contribution >= 4 is 11.9 Å². The highest BCUT2D eigenvalue weighted by Crippen LogP contribution is 2.05. The average Bonchev–Trinajstić information content (AvgIpc) is 2.34. The monoisotopic (exact) mass is 212 g/mol. The Morgan fingerprint density at radius 3 is 2.56 bits per heavy atom. The van der Waals surface area contributed by atoms with Gasteiger partial charge in [0.2, 0.25) is 0 Å². The van der Waals surface area contributed by atoms with Gasteiger partial charge < -0.3 is 0 Å². The predicted octanol–water partition coefficient (Wildman–Crippen LogP) is 3.79. The van der Waals surface area contributed by atoms with Crippen LogP contribution >= 0.6 is 0 Å². The standard InChI is InChI=1S/C15H16O/c1-3-8-14(4-2)15(16)12-11-13-9-6-5-7-10-13/h4-12H,2-3H2,1H3/b12-11+,14-8+. The summed E-state index contributed by atoms with van der Waals surface area (Å²) in [5, 5.41) is 0. The molecule has 1 nitrogen and oxygen atoms in total. The molecule has 0 aliphatic rings. The largest absolute Gasteiger partial charge is 0.289 e. The van der Waals surface area contributed by atoms with Crippen LogP contribution in [0.4, 0.5) is 0 Å². The quantitative estimate of drug-likeness (QED) is 0.536. The maximum atomic E-state index is 11.7. The van der Waals surface area contributed by atoms with E-state index in [0.717, 1.165) is 12.0 Å². The Morgan fingerprint density at radius 1 is 1.31 bits per heavy atom. The van der Waals surface area contributed by atoms with E-state index in [1.807, 2.05) is 49.4 Å². The second kappa shape index (κ2) is 6.57. The highest BCUT2D eigenvalue weighted by atomic mass is 16.1. The van der Waals surface area contributed by atoms with Crippen LogP contribution < -0.4 is 0 Å². The van der Waals surface area contributed by atoms with Gasteiger partial charge in [-0.05, 0) is 18.1 Å². The van der Waals surface area contributed by atoms with Gasteiger partial charge in [-0.15, -0.1) is 0 Å². The smallest absolute Gasteiger partial charge is 0.185 e.